The number of carbonyl (C=O) groups excluding carboxylic acids is 2. The molecule has 31 heavy (non-hydrogen) atoms. The van der Waals surface area contributed by atoms with E-state index in [0.717, 1.165) is 22.3 Å². The number of hydrogen-bond acceptors (Lipinski definition) is 5. The highest BCUT2D eigenvalue weighted by atomic mass is 32.2. The van der Waals surface area contributed by atoms with E-state index in [1.165, 1.54) is 18.7 Å². The molecule has 2 amide bonds. The Kier molecular flexibility index (Phi) is 7.57. The molecule has 8 heteroatoms. The van der Waals surface area contributed by atoms with Gasteiger partial charge in [0.1, 0.15) is 18.7 Å². The van der Waals surface area contributed by atoms with E-state index >= 15 is 0 Å². The third-order valence-electron chi connectivity index (χ3n) is 5.29. The van der Waals surface area contributed by atoms with Crippen LogP contribution in [0.1, 0.15) is 30.4 Å². The second kappa shape index (κ2) is 10.3. The molecule has 0 unspecified atom stereocenters. The van der Waals surface area contributed by atoms with Gasteiger partial charge in [0.05, 0.1) is 0 Å². The van der Waals surface area contributed by atoms with Crippen molar-refractivity contribution >= 4 is 29.7 Å². The van der Waals surface area contributed by atoms with Crippen molar-refractivity contribution in [2.75, 3.05) is 18.6 Å². The van der Waals surface area contributed by atoms with Crippen LogP contribution in [0.5, 0.6) is 0 Å². The Balaban J connectivity index is 1.65. The minimum Gasteiger partial charge on any atom is -0.480 e. The molecular weight excluding hydrogens is 416 g/mol. The lowest BCUT2D eigenvalue weighted by molar-refractivity contribution is -0.141. The van der Waals surface area contributed by atoms with E-state index in [-0.39, 0.29) is 12.5 Å². The summed E-state index contributed by atoms with van der Waals surface area (Å²) in [6.07, 6.45) is 1.55. The SMILES string of the molecule is CSCC[C@@H](NC(=O)OCC1c2ccccc2-c2ccccc21)C(=O)N[C@H](C)C(=O)O. The second-order valence-electron chi connectivity index (χ2n) is 7.37. The van der Waals surface area contributed by atoms with Gasteiger partial charge < -0.3 is 20.5 Å². The van der Waals surface area contributed by atoms with Crippen LogP contribution in [0.15, 0.2) is 48.5 Å². The van der Waals surface area contributed by atoms with Crippen LogP contribution >= 0.6 is 11.8 Å². The summed E-state index contributed by atoms with van der Waals surface area (Å²) in [7, 11) is 0. The van der Waals surface area contributed by atoms with Crippen LogP contribution in [0.3, 0.4) is 0 Å². The fraction of sp³-hybridized carbons (Fsp3) is 0.348. The normalized spacial score (nSPS) is 14.1. The van der Waals surface area contributed by atoms with Crippen LogP contribution in [0.2, 0.25) is 0 Å². The summed E-state index contributed by atoms with van der Waals surface area (Å²) in [6, 6.07) is 14.2. The summed E-state index contributed by atoms with van der Waals surface area (Å²) in [5.41, 5.74) is 4.46. The maximum absolute atomic E-state index is 12.5. The Hall–Kier alpha value is -3.00. The molecule has 0 radical (unpaired) electrons. The second-order valence-corrected chi connectivity index (χ2v) is 8.36. The van der Waals surface area contributed by atoms with E-state index < -0.39 is 30.1 Å². The minimum absolute atomic E-state index is 0.0799. The zero-order chi connectivity index (χ0) is 22.4. The van der Waals surface area contributed by atoms with Gasteiger partial charge in [-0.2, -0.15) is 11.8 Å². The largest absolute Gasteiger partial charge is 0.480 e. The summed E-state index contributed by atoms with van der Waals surface area (Å²) in [5.74, 6) is -1.14. The van der Waals surface area contributed by atoms with Crippen molar-refractivity contribution in [1.82, 2.24) is 10.6 Å². The summed E-state index contributed by atoms with van der Waals surface area (Å²) < 4.78 is 5.50. The van der Waals surface area contributed by atoms with Gasteiger partial charge in [0, 0.05) is 5.92 Å². The number of thioether (sulfide) groups is 1. The average Bonchev–Trinajstić information content (AvgIpc) is 3.08. The van der Waals surface area contributed by atoms with Crippen molar-refractivity contribution in [3.63, 3.8) is 0 Å². The van der Waals surface area contributed by atoms with Crippen LogP contribution in [-0.4, -0.2) is 53.8 Å². The number of ether oxygens (including phenoxy) is 1. The molecule has 2 aromatic carbocycles. The van der Waals surface area contributed by atoms with Gasteiger partial charge in [-0.05, 0) is 47.6 Å². The summed E-state index contributed by atoms with van der Waals surface area (Å²) in [4.78, 5) is 35.9. The van der Waals surface area contributed by atoms with Gasteiger partial charge in [-0.1, -0.05) is 48.5 Å². The number of alkyl carbamates (subject to hydrolysis) is 1. The molecule has 0 aliphatic heterocycles. The smallest absolute Gasteiger partial charge is 0.407 e. The first kappa shape index (κ1) is 22.7. The lowest BCUT2D eigenvalue weighted by Crippen LogP contribution is -2.51. The van der Waals surface area contributed by atoms with Crippen molar-refractivity contribution in [3.05, 3.63) is 59.7 Å². The summed E-state index contributed by atoms with van der Waals surface area (Å²) in [6.45, 7) is 1.52. The predicted octanol–water partition coefficient (Wildman–Crippen LogP) is 3.24. The molecule has 2 aromatic rings. The van der Waals surface area contributed by atoms with Crippen LogP contribution in [0.4, 0.5) is 4.79 Å². The highest BCUT2D eigenvalue weighted by Crippen LogP contribution is 2.44. The number of amides is 2. The average molecular weight is 443 g/mol. The van der Waals surface area contributed by atoms with Crippen molar-refractivity contribution in [3.8, 4) is 11.1 Å². The van der Waals surface area contributed by atoms with Crippen LogP contribution in [0, 0.1) is 0 Å². The van der Waals surface area contributed by atoms with Crippen molar-refractivity contribution in [2.45, 2.75) is 31.3 Å². The first-order chi connectivity index (χ1) is 14.9. The molecular formula is C23H26N2O5S. The Morgan fingerprint density at radius 3 is 2.16 bits per heavy atom. The van der Waals surface area contributed by atoms with Gasteiger partial charge in [0.15, 0.2) is 0 Å². The number of benzene rings is 2. The number of rotatable bonds is 9. The monoisotopic (exact) mass is 442 g/mol. The van der Waals surface area contributed by atoms with Gasteiger partial charge in [0.2, 0.25) is 5.91 Å². The minimum atomic E-state index is -1.14. The fourth-order valence-corrected chi connectivity index (χ4v) is 4.13. The molecule has 0 aromatic heterocycles. The molecule has 0 bridgehead atoms. The summed E-state index contributed by atoms with van der Waals surface area (Å²) in [5, 5.41) is 14.0. The van der Waals surface area contributed by atoms with Gasteiger partial charge in [-0.15, -0.1) is 0 Å². The first-order valence-electron chi connectivity index (χ1n) is 10.1. The Bertz CT molecular complexity index is 919. The van der Waals surface area contributed by atoms with Crippen LogP contribution in [-0.2, 0) is 14.3 Å². The number of carboxylic acids is 1. The topological polar surface area (TPSA) is 105 Å². The summed E-state index contributed by atoms with van der Waals surface area (Å²) >= 11 is 1.53. The number of hydrogen-bond donors (Lipinski definition) is 3. The molecule has 2 atom stereocenters. The van der Waals surface area contributed by atoms with Gasteiger partial charge in [0.25, 0.3) is 0 Å². The molecule has 1 aliphatic carbocycles. The van der Waals surface area contributed by atoms with E-state index in [0.29, 0.717) is 12.2 Å². The molecule has 0 fully saturated rings. The van der Waals surface area contributed by atoms with E-state index in [1.54, 1.807) is 0 Å². The zero-order valence-corrected chi connectivity index (χ0v) is 18.3. The third-order valence-corrected chi connectivity index (χ3v) is 5.94. The number of fused-ring (bicyclic) bond motifs is 3. The molecule has 3 rings (SSSR count). The van der Waals surface area contributed by atoms with Crippen molar-refractivity contribution in [1.29, 1.82) is 0 Å². The molecule has 0 saturated carbocycles. The maximum atomic E-state index is 12.5. The standard InChI is InChI=1S/C23H26N2O5S/c1-14(22(27)28)24-21(26)20(11-12-31-2)25-23(29)30-13-19-17-9-5-3-7-15(17)16-8-4-6-10-18(16)19/h3-10,14,19-20H,11-13H2,1-2H3,(H,24,26)(H,25,29)(H,27,28)/t14-,20-/m1/s1. The molecule has 0 spiro atoms. The third kappa shape index (κ3) is 5.38. The lowest BCUT2D eigenvalue weighted by atomic mass is 9.98. The van der Waals surface area contributed by atoms with Gasteiger partial charge in [-0.3, -0.25) is 9.59 Å². The number of carbonyl (C=O) groups is 3. The van der Waals surface area contributed by atoms with E-state index in [1.807, 2.05) is 42.7 Å². The highest BCUT2D eigenvalue weighted by molar-refractivity contribution is 7.98. The molecule has 1 aliphatic rings. The van der Waals surface area contributed by atoms with Crippen molar-refractivity contribution in [2.24, 2.45) is 0 Å². The van der Waals surface area contributed by atoms with E-state index in [4.69, 9.17) is 9.84 Å². The quantitative estimate of drug-likeness (QED) is 0.551. The zero-order valence-electron chi connectivity index (χ0n) is 17.5. The van der Waals surface area contributed by atoms with E-state index in [9.17, 15) is 14.4 Å². The van der Waals surface area contributed by atoms with Gasteiger partial charge in [-0.25, -0.2) is 4.79 Å². The molecule has 7 nitrogen and oxygen atoms in total. The van der Waals surface area contributed by atoms with Crippen molar-refractivity contribution < 1.29 is 24.2 Å². The molecule has 0 heterocycles. The maximum Gasteiger partial charge on any atom is 0.407 e. The molecule has 0 saturated heterocycles. The highest BCUT2D eigenvalue weighted by Gasteiger charge is 2.30. The van der Waals surface area contributed by atoms with Crippen LogP contribution in [0.25, 0.3) is 11.1 Å². The number of nitrogens with one attached hydrogen (secondary N) is 2. The Morgan fingerprint density at radius 2 is 1.61 bits per heavy atom. The molecule has 164 valence electrons. The fourth-order valence-electron chi connectivity index (χ4n) is 3.66. The van der Waals surface area contributed by atoms with E-state index in [2.05, 4.69) is 22.8 Å². The van der Waals surface area contributed by atoms with Crippen LogP contribution < -0.4 is 10.6 Å². The number of carboxylic acid groups (broad SMARTS) is 1. The van der Waals surface area contributed by atoms with Gasteiger partial charge >= 0.3 is 12.1 Å². The first-order valence-corrected chi connectivity index (χ1v) is 11.5. The Labute approximate surface area is 185 Å². The molecule has 3 N–H and O–H groups in total. The number of aliphatic carboxylic acids is 1. The Morgan fingerprint density at radius 1 is 1.03 bits per heavy atom. The predicted molar refractivity (Wildman–Crippen MR) is 120 cm³/mol. The lowest BCUT2D eigenvalue weighted by Gasteiger charge is -2.20.